The molecule has 0 saturated carbocycles. The molecule has 1 aromatic carbocycles. The molecule has 1 N–H and O–H groups in total. The van der Waals surface area contributed by atoms with Crippen molar-refractivity contribution in [2.45, 2.75) is 36.6 Å². The predicted molar refractivity (Wildman–Crippen MR) is 126 cm³/mol. The quantitative estimate of drug-likeness (QED) is 0.297. The highest BCUT2D eigenvalue weighted by Crippen LogP contribution is 2.26. The first-order valence-electron chi connectivity index (χ1n) is 11.2. The number of likely N-dealkylation sites (N-methyl/N-ethyl adjacent to an activating group) is 1. The van der Waals surface area contributed by atoms with E-state index in [1.54, 1.807) is 4.90 Å². The van der Waals surface area contributed by atoms with Crippen LogP contribution in [0.4, 0.5) is 0 Å². The van der Waals surface area contributed by atoms with Gasteiger partial charge in [-0.3, -0.25) is 14.7 Å². The van der Waals surface area contributed by atoms with Crippen LogP contribution in [0.15, 0.2) is 40.2 Å². The number of likely N-dealkylation sites (tertiary alicyclic amines) is 2. The van der Waals surface area contributed by atoms with Crippen molar-refractivity contribution < 1.29 is 4.79 Å². The predicted octanol–water partition coefficient (Wildman–Crippen LogP) is 2.62. The highest BCUT2D eigenvalue weighted by Gasteiger charge is 2.31. The minimum absolute atomic E-state index is 0.0702. The van der Waals surface area contributed by atoms with Crippen LogP contribution >= 0.6 is 11.8 Å². The summed E-state index contributed by atoms with van der Waals surface area (Å²) in [6.07, 6.45) is 4.36. The second-order valence-electron chi connectivity index (χ2n) is 8.48. The van der Waals surface area contributed by atoms with Crippen molar-refractivity contribution in [1.82, 2.24) is 20.0 Å². The first-order chi connectivity index (χ1) is 14.6. The lowest BCUT2D eigenvalue weighted by Gasteiger charge is -2.26. The molecule has 2 aliphatic rings. The zero-order valence-corrected chi connectivity index (χ0v) is 19.5. The third kappa shape index (κ3) is 6.38. The summed E-state index contributed by atoms with van der Waals surface area (Å²) in [6.45, 7) is 5.04. The zero-order valence-electron chi connectivity index (χ0n) is 18.7. The molecule has 7 heteroatoms. The summed E-state index contributed by atoms with van der Waals surface area (Å²) < 4.78 is 0. The zero-order chi connectivity index (χ0) is 21.3. The average molecular weight is 432 g/mol. The van der Waals surface area contributed by atoms with Gasteiger partial charge in [-0.15, -0.1) is 11.8 Å². The van der Waals surface area contributed by atoms with Crippen LogP contribution in [0.5, 0.6) is 0 Å². The van der Waals surface area contributed by atoms with Crippen LogP contribution < -0.4 is 5.32 Å². The molecule has 0 aliphatic carbocycles. The smallest absolute Gasteiger partial charge is 0.239 e. The lowest BCUT2D eigenvalue weighted by molar-refractivity contribution is -0.133. The minimum Gasteiger partial charge on any atom is -0.356 e. The van der Waals surface area contributed by atoms with Crippen LogP contribution in [0.1, 0.15) is 25.7 Å². The maximum Gasteiger partial charge on any atom is 0.239 e. The fraction of sp³-hybridized carbons (Fsp3) is 0.652. The monoisotopic (exact) mass is 431 g/mol. The van der Waals surface area contributed by atoms with Crippen LogP contribution in [0.2, 0.25) is 0 Å². The molecule has 0 radical (unpaired) electrons. The van der Waals surface area contributed by atoms with E-state index in [2.05, 4.69) is 50.4 Å². The van der Waals surface area contributed by atoms with Crippen LogP contribution in [0.25, 0.3) is 0 Å². The Morgan fingerprint density at radius 2 is 2.03 bits per heavy atom. The Morgan fingerprint density at radius 3 is 2.77 bits per heavy atom. The van der Waals surface area contributed by atoms with Gasteiger partial charge < -0.3 is 15.1 Å². The Bertz CT molecular complexity index is 696. The highest BCUT2D eigenvalue weighted by atomic mass is 32.2. The van der Waals surface area contributed by atoms with Gasteiger partial charge in [0.25, 0.3) is 0 Å². The largest absolute Gasteiger partial charge is 0.356 e. The van der Waals surface area contributed by atoms with Crippen molar-refractivity contribution >= 4 is 23.6 Å². The van der Waals surface area contributed by atoms with Gasteiger partial charge in [0.05, 0.1) is 6.04 Å². The van der Waals surface area contributed by atoms with E-state index in [0.717, 1.165) is 63.7 Å². The topological polar surface area (TPSA) is 51.2 Å². The highest BCUT2D eigenvalue weighted by molar-refractivity contribution is 7.99. The lowest BCUT2D eigenvalue weighted by Crippen LogP contribution is -2.44. The van der Waals surface area contributed by atoms with Gasteiger partial charge in [0, 0.05) is 58.0 Å². The molecule has 0 aromatic heterocycles. The summed E-state index contributed by atoms with van der Waals surface area (Å²) in [7, 11) is 5.58. The summed E-state index contributed by atoms with van der Waals surface area (Å²) in [6, 6.07) is 10.7. The molecule has 2 atom stereocenters. The molecule has 6 nitrogen and oxygen atoms in total. The fourth-order valence-corrected chi connectivity index (χ4v) is 5.43. The lowest BCUT2D eigenvalue weighted by atomic mass is 10.2. The van der Waals surface area contributed by atoms with Gasteiger partial charge in [0.1, 0.15) is 0 Å². The number of nitrogens with one attached hydrogen (secondary N) is 1. The van der Waals surface area contributed by atoms with Crippen molar-refractivity contribution in [3.63, 3.8) is 0 Å². The van der Waals surface area contributed by atoms with Gasteiger partial charge in [0.15, 0.2) is 5.96 Å². The molecule has 2 unspecified atom stereocenters. The molecule has 2 saturated heterocycles. The number of hydrogen-bond donors (Lipinski definition) is 1. The number of amides is 1. The molecule has 2 heterocycles. The number of guanidine groups is 1. The molecule has 1 aromatic rings. The summed E-state index contributed by atoms with van der Waals surface area (Å²) in [5, 5.41) is 3.54. The molecular weight excluding hydrogens is 394 g/mol. The first kappa shape index (κ1) is 22.9. The number of benzene rings is 1. The molecule has 2 aliphatic heterocycles. The van der Waals surface area contributed by atoms with Gasteiger partial charge in [-0.1, -0.05) is 18.2 Å². The fourth-order valence-electron chi connectivity index (χ4n) is 4.38. The average Bonchev–Trinajstić information content (AvgIpc) is 3.42. The van der Waals surface area contributed by atoms with E-state index < -0.39 is 0 Å². The van der Waals surface area contributed by atoms with Crippen molar-refractivity contribution in [1.29, 1.82) is 0 Å². The van der Waals surface area contributed by atoms with Crippen LogP contribution in [0, 0.1) is 5.92 Å². The van der Waals surface area contributed by atoms with Gasteiger partial charge in [-0.25, -0.2) is 0 Å². The normalized spacial score (nSPS) is 22.5. The van der Waals surface area contributed by atoms with E-state index in [9.17, 15) is 4.79 Å². The standard InChI is InChI=1S/C23H37N5OS/c1-24-23(25-13-8-15-27-14-7-11-21(27)22(29)26(2)3)28-16-12-19(17-28)18-30-20-9-5-4-6-10-20/h4-6,9-10,19,21H,7-8,11-18H2,1-3H3,(H,24,25). The molecule has 2 fully saturated rings. The third-order valence-corrected chi connectivity index (χ3v) is 7.26. The Labute approximate surface area is 186 Å². The molecule has 1 amide bonds. The number of nitrogens with zero attached hydrogens (tertiary/aromatic N) is 4. The number of rotatable bonds is 8. The Hall–Kier alpha value is -1.73. The second kappa shape index (κ2) is 11.6. The van der Waals surface area contributed by atoms with E-state index in [1.807, 2.05) is 32.9 Å². The van der Waals surface area contributed by atoms with E-state index in [1.165, 1.54) is 11.3 Å². The summed E-state index contributed by atoms with van der Waals surface area (Å²) in [4.78, 5) is 24.7. The van der Waals surface area contributed by atoms with E-state index in [4.69, 9.17) is 0 Å². The first-order valence-corrected chi connectivity index (χ1v) is 12.2. The Morgan fingerprint density at radius 1 is 1.23 bits per heavy atom. The van der Waals surface area contributed by atoms with Crippen molar-refractivity contribution in [3.05, 3.63) is 30.3 Å². The number of thioether (sulfide) groups is 1. The van der Waals surface area contributed by atoms with Crippen molar-refractivity contribution in [3.8, 4) is 0 Å². The number of aliphatic imine (C=N–C) groups is 1. The van der Waals surface area contributed by atoms with Gasteiger partial charge in [0.2, 0.25) is 5.91 Å². The Kier molecular flexibility index (Phi) is 8.88. The van der Waals surface area contributed by atoms with Gasteiger partial charge >= 0.3 is 0 Å². The van der Waals surface area contributed by atoms with Crippen molar-refractivity contribution in [2.75, 3.05) is 59.6 Å². The summed E-state index contributed by atoms with van der Waals surface area (Å²) >= 11 is 1.96. The van der Waals surface area contributed by atoms with E-state index in [-0.39, 0.29) is 11.9 Å². The number of carbonyl (C=O) groups excluding carboxylic acids is 1. The SMILES string of the molecule is CN=C(NCCCN1CCCC1C(=O)N(C)C)N1CCC(CSc2ccccc2)C1. The van der Waals surface area contributed by atoms with Gasteiger partial charge in [-0.2, -0.15) is 0 Å². The van der Waals surface area contributed by atoms with E-state index in [0.29, 0.717) is 5.92 Å². The molecule has 3 rings (SSSR count). The van der Waals surface area contributed by atoms with Crippen LogP contribution in [0.3, 0.4) is 0 Å². The molecule has 0 spiro atoms. The summed E-state index contributed by atoms with van der Waals surface area (Å²) in [5.41, 5.74) is 0. The van der Waals surface area contributed by atoms with Crippen LogP contribution in [-0.4, -0.2) is 92.2 Å². The summed E-state index contributed by atoms with van der Waals surface area (Å²) in [5.74, 6) is 3.13. The van der Waals surface area contributed by atoms with Crippen molar-refractivity contribution in [2.24, 2.45) is 10.9 Å². The maximum absolute atomic E-state index is 12.3. The molecular formula is C23H37N5OS. The van der Waals surface area contributed by atoms with Gasteiger partial charge in [-0.05, 0) is 50.3 Å². The number of hydrogen-bond acceptors (Lipinski definition) is 4. The number of carbonyl (C=O) groups is 1. The molecule has 30 heavy (non-hydrogen) atoms. The second-order valence-corrected chi connectivity index (χ2v) is 9.57. The third-order valence-electron chi connectivity index (χ3n) is 6.02. The molecule has 166 valence electrons. The van der Waals surface area contributed by atoms with E-state index >= 15 is 0 Å². The van der Waals surface area contributed by atoms with Crippen LogP contribution in [-0.2, 0) is 4.79 Å². The molecule has 0 bridgehead atoms. The minimum atomic E-state index is 0.0702. The maximum atomic E-state index is 12.3. The Balaban J connectivity index is 1.36.